The van der Waals surface area contributed by atoms with Crippen molar-refractivity contribution in [2.45, 2.75) is 39.2 Å². The van der Waals surface area contributed by atoms with Gasteiger partial charge in [-0.25, -0.2) is 15.4 Å². The van der Waals surface area contributed by atoms with Gasteiger partial charge in [0.05, 0.1) is 29.7 Å². The number of amidine groups is 1. The molecule has 12 heteroatoms. The summed E-state index contributed by atoms with van der Waals surface area (Å²) in [6.07, 6.45) is 11.5. The molecule has 0 spiro atoms. The normalized spacial score (nSPS) is 18.0. The lowest BCUT2D eigenvalue weighted by atomic mass is 10.1. The zero-order chi connectivity index (χ0) is 29.6. The molecule has 220 valence electrons. The molecule has 42 heavy (non-hydrogen) atoms. The lowest BCUT2D eigenvalue weighted by Gasteiger charge is -2.16. The second kappa shape index (κ2) is 12.9. The number of nitrogens with two attached hydrogens (primary N) is 1. The van der Waals surface area contributed by atoms with Crippen molar-refractivity contribution in [3.63, 3.8) is 0 Å². The van der Waals surface area contributed by atoms with Crippen LogP contribution in [0.1, 0.15) is 31.7 Å². The fourth-order valence-electron chi connectivity index (χ4n) is 4.77. The average molecular weight is 572 g/mol. The number of carbonyl (C=O) groups excluding carboxylic acids is 1. The second-order valence-corrected chi connectivity index (χ2v) is 10.6. The summed E-state index contributed by atoms with van der Waals surface area (Å²) in [5.74, 6) is 1.000. The number of allylic oxidation sites excluding steroid dienone is 2. The van der Waals surface area contributed by atoms with Crippen molar-refractivity contribution < 1.29 is 14.3 Å². The number of ether oxygens (including phenoxy) is 2. The van der Waals surface area contributed by atoms with Crippen molar-refractivity contribution in [2.75, 3.05) is 32.0 Å². The van der Waals surface area contributed by atoms with Crippen LogP contribution in [-0.4, -0.2) is 70.5 Å². The van der Waals surface area contributed by atoms with E-state index in [1.54, 1.807) is 12.3 Å². The smallest absolute Gasteiger partial charge is 0.385 e. The zero-order valence-electron chi connectivity index (χ0n) is 24.1. The molecule has 3 heterocycles. The molecule has 0 radical (unpaired) electrons. The predicted molar refractivity (Wildman–Crippen MR) is 163 cm³/mol. The Hall–Kier alpha value is -4.71. The molecule has 5 rings (SSSR count). The Labute approximate surface area is 244 Å². The molecule has 2 fully saturated rings. The first-order valence-electron chi connectivity index (χ1n) is 14.0. The maximum absolute atomic E-state index is 13.0. The molecular formula is C30H37N9O3. The van der Waals surface area contributed by atoms with E-state index in [0.29, 0.717) is 30.5 Å². The monoisotopic (exact) mass is 571 g/mol. The number of rotatable bonds is 10. The number of H-pyrrole nitrogens is 1. The number of benzene rings is 1. The molecule has 6 N–H and O–H groups in total. The average Bonchev–Trinajstić information content (AvgIpc) is 3.51. The van der Waals surface area contributed by atoms with E-state index in [4.69, 9.17) is 20.6 Å². The number of anilines is 1. The first-order valence-corrected chi connectivity index (χ1v) is 14.0. The van der Waals surface area contributed by atoms with Crippen molar-refractivity contribution in [3.8, 4) is 11.3 Å². The summed E-state index contributed by atoms with van der Waals surface area (Å²) in [5.41, 5.74) is 10.9. The SMILES string of the molecule is CN/C(C)=C\C(N)=N/c1ncc(C)c(-c2c[nH]c3c(NC(=O)CN4CCC(OC(=N)O/C=C/C5CC5)C4)cccc23)n1. The molecule has 0 bridgehead atoms. The van der Waals surface area contributed by atoms with Gasteiger partial charge in [0, 0.05) is 49.2 Å². The highest BCUT2D eigenvalue weighted by Gasteiger charge is 2.27. The first kappa shape index (κ1) is 28.8. The lowest BCUT2D eigenvalue weighted by Crippen LogP contribution is -2.33. The molecule has 1 amide bonds. The number of carbonyl (C=O) groups is 1. The number of nitrogens with zero attached hydrogens (tertiary/aromatic N) is 4. The van der Waals surface area contributed by atoms with E-state index in [2.05, 4.69) is 30.6 Å². The second-order valence-electron chi connectivity index (χ2n) is 10.6. The summed E-state index contributed by atoms with van der Waals surface area (Å²) < 4.78 is 10.8. The van der Waals surface area contributed by atoms with Crippen LogP contribution in [0.5, 0.6) is 0 Å². The molecule has 3 aromatic rings. The van der Waals surface area contributed by atoms with Crippen LogP contribution in [0.2, 0.25) is 0 Å². The third kappa shape index (κ3) is 7.32. The summed E-state index contributed by atoms with van der Waals surface area (Å²) in [6, 6.07) is 5.75. The number of hydrogen-bond acceptors (Lipinski definition) is 9. The molecule has 2 aliphatic rings. The maximum atomic E-state index is 13.0. The van der Waals surface area contributed by atoms with Crippen molar-refractivity contribution in [3.05, 3.63) is 60.3 Å². The summed E-state index contributed by atoms with van der Waals surface area (Å²) in [7, 11) is 1.81. The quantitative estimate of drug-likeness (QED) is 0.139. The summed E-state index contributed by atoms with van der Waals surface area (Å²) in [4.78, 5) is 31.6. The van der Waals surface area contributed by atoms with Crippen LogP contribution in [-0.2, 0) is 14.3 Å². The van der Waals surface area contributed by atoms with Crippen LogP contribution in [0.25, 0.3) is 22.2 Å². The third-order valence-electron chi connectivity index (χ3n) is 7.21. The highest BCUT2D eigenvalue weighted by Crippen LogP contribution is 2.33. The predicted octanol–water partition coefficient (Wildman–Crippen LogP) is 3.95. The summed E-state index contributed by atoms with van der Waals surface area (Å²) >= 11 is 0. The fraction of sp³-hybridized carbons (Fsp3) is 0.367. The molecule has 1 atom stereocenters. The van der Waals surface area contributed by atoms with E-state index >= 15 is 0 Å². The number of nitrogens with one attached hydrogen (secondary N) is 4. The van der Waals surface area contributed by atoms with E-state index in [-0.39, 0.29) is 30.6 Å². The Balaban J connectivity index is 1.23. The number of para-hydroxylation sites is 1. The van der Waals surface area contributed by atoms with Gasteiger partial charge in [0.2, 0.25) is 5.91 Å². The van der Waals surface area contributed by atoms with Gasteiger partial charge in [-0.3, -0.25) is 9.69 Å². The van der Waals surface area contributed by atoms with E-state index in [1.807, 2.05) is 56.3 Å². The van der Waals surface area contributed by atoms with Crippen LogP contribution >= 0.6 is 0 Å². The van der Waals surface area contributed by atoms with Gasteiger partial charge in [0.25, 0.3) is 5.95 Å². The van der Waals surface area contributed by atoms with Crippen LogP contribution < -0.4 is 16.4 Å². The van der Waals surface area contributed by atoms with Gasteiger partial charge in [-0.05, 0) is 62.8 Å². The number of fused-ring (bicyclic) bond motifs is 1. The highest BCUT2D eigenvalue weighted by molar-refractivity contribution is 6.06. The van der Waals surface area contributed by atoms with Gasteiger partial charge < -0.3 is 30.8 Å². The van der Waals surface area contributed by atoms with E-state index < -0.39 is 0 Å². The topological polar surface area (TPSA) is 167 Å². The first-order chi connectivity index (χ1) is 20.3. The van der Waals surface area contributed by atoms with Crippen molar-refractivity contribution in [1.29, 1.82) is 5.41 Å². The largest absolute Gasteiger partial charge is 0.446 e. The zero-order valence-corrected chi connectivity index (χ0v) is 24.1. The van der Waals surface area contributed by atoms with Gasteiger partial charge in [-0.15, -0.1) is 0 Å². The minimum Gasteiger partial charge on any atom is -0.446 e. The molecule has 1 aliphatic carbocycles. The van der Waals surface area contributed by atoms with Crippen molar-refractivity contribution in [1.82, 2.24) is 25.2 Å². The Kier molecular flexibility index (Phi) is 8.82. The fourth-order valence-corrected chi connectivity index (χ4v) is 4.77. The lowest BCUT2D eigenvalue weighted by molar-refractivity contribution is -0.117. The number of aromatic nitrogens is 3. The number of aryl methyl sites for hydroxylation is 1. The number of amides is 1. The highest BCUT2D eigenvalue weighted by atomic mass is 16.7. The minimum atomic E-state index is -0.209. The van der Waals surface area contributed by atoms with E-state index in [9.17, 15) is 4.79 Å². The van der Waals surface area contributed by atoms with Crippen molar-refractivity contribution in [2.24, 2.45) is 16.6 Å². The van der Waals surface area contributed by atoms with Crippen LogP contribution in [0.15, 0.2) is 59.7 Å². The number of aromatic amines is 1. The van der Waals surface area contributed by atoms with Crippen LogP contribution in [0, 0.1) is 18.3 Å². The Morgan fingerprint density at radius 2 is 2.17 bits per heavy atom. The van der Waals surface area contributed by atoms with E-state index in [1.165, 1.54) is 19.1 Å². The Morgan fingerprint density at radius 1 is 1.33 bits per heavy atom. The Morgan fingerprint density at radius 3 is 2.95 bits per heavy atom. The molecule has 1 unspecified atom stereocenters. The third-order valence-corrected chi connectivity index (χ3v) is 7.21. The molecule has 1 saturated heterocycles. The van der Waals surface area contributed by atoms with Gasteiger partial charge >= 0.3 is 6.08 Å². The molecule has 1 aromatic carbocycles. The van der Waals surface area contributed by atoms with Crippen molar-refractivity contribution >= 4 is 40.4 Å². The molecule has 1 aliphatic heterocycles. The minimum absolute atomic E-state index is 0.131. The van der Waals surface area contributed by atoms with Gasteiger partial charge in [-0.1, -0.05) is 12.1 Å². The van der Waals surface area contributed by atoms with Crippen LogP contribution in [0.3, 0.4) is 0 Å². The van der Waals surface area contributed by atoms with Gasteiger partial charge in [-0.2, -0.15) is 4.99 Å². The molecule has 12 nitrogen and oxygen atoms in total. The summed E-state index contributed by atoms with van der Waals surface area (Å²) in [5, 5.41) is 14.8. The van der Waals surface area contributed by atoms with Gasteiger partial charge in [0.1, 0.15) is 11.9 Å². The Bertz CT molecular complexity index is 1550. The maximum Gasteiger partial charge on any atom is 0.385 e. The number of aliphatic imine (C=N–C) groups is 1. The van der Waals surface area contributed by atoms with E-state index in [0.717, 1.165) is 39.8 Å². The van der Waals surface area contributed by atoms with Gasteiger partial charge in [0.15, 0.2) is 0 Å². The summed E-state index contributed by atoms with van der Waals surface area (Å²) in [6.45, 7) is 5.30. The standard InChI is InChI=1S/C30H37N9O3/c1-18-14-35-30(37-25(31)13-19(2)33-3)38-27(18)23-15-34-28-22(23)5-4-6-24(28)36-26(40)17-39-11-9-21(16-39)42-29(32)41-12-10-20-7-8-20/h4-6,10,12-15,20-21,32-34H,7-9,11,16-17H2,1-3H3,(H,36,40)(H2,31,35,37,38)/b12-10+,19-13-,32-29?. The number of hydrogen-bond donors (Lipinski definition) is 5. The van der Waals surface area contributed by atoms with Crippen LogP contribution in [0.4, 0.5) is 11.6 Å². The number of likely N-dealkylation sites (tertiary alicyclic amines) is 1. The molecule has 1 saturated carbocycles. The molecular weight excluding hydrogens is 534 g/mol. The molecule has 2 aromatic heterocycles.